The molecular weight excluding hydrogens is 412 g/mol. The second-order valence-corrected chi connectivity index (χ2v) is 11.3. The van der Waals surface area contributed by atoms with E-state index in [9.17, 15) is 4.79 Å². The highest BCUT2D eigenvalue weighted by atomic mass is 16.6. The summed E-state index contributed by atoms with van der Waals surface area (Å²) in [6, 6.07) is 9.32. The first-order chi connectivity index (χ1) is 15.6. The summed E-state index contributed by atoms with van der Waals surface area (Å²) in [5.41, 5.74) is 3.43. The van der Waals surface area contributed by atoms with Gasteiger partial charge in [-0.15, -0.1) is 0 Å². The van der Waals surface area contributed by atoms with E-state index in [4.69, 9.17) is 4.74 Å². The molecule has 1 aromatic carbocycles. The molecule has 0 saturated carbocycles. The Morgan fingerprint density at radius 3 is 2.58 bits per heavy atom. The van der Waals surface area contributed by atoms with Crippen LogP contribution < -0.4 is 4.90 Å². The number of rotatable bonds is 4. The molecule has 6 heteroatoms. The topological polar surface area (TPSA) is 39.3 Å². The van der Waals surface area contributed by atoms with Gasteiger partial charge in [0.25, 0.3) is 0 Å². The molecule has 3 saturated heterocycles. The van der Waals surface area contributed by atoms with Crippen molar-refractivity contribution in [3.63, 3.8) is 0 Å². The van der Waals surface area contributed by atoms with Crippen LogP contribution >= 0.6 is 0 Å². The largest absolute Gasteiger partial charge is 0.444 e. The summed E-state index contributed by atoms with van der Waals surface area (Å²) < 4.78 is 5.62. The van der Waals surface area contributed by atoms with Crippen LogP contribution in [0.25, 0.3) is 0 Å². The fourth-order valence-electron chi connectivity index (χ4n) is 5.74. The van der Waals surface area contributed by atoms with Gasteiger partial charge < -0.3 is 19.4 Å². The lowest BCUT2D eigenvalue weighted by atomic mass is 9.82. The van der Waals surface area contributed by atoms with Gasteiger partial charge >= 0.3 is 6.09 Å². The normalized spacial score (nSPS) is 26.5. The summed E-state index contributed by atoms with van der Waals surface area (Å²) in [5.74, 6) is 0. The summed E-state index contributed by atoms with van der Waals surface area (Å²) in [6.07, 6.45) is 3.03. The molecule has 3 aliphatic rings. The second-order valence-electron chi connectivity index (χ2n) is 11.3. The van der Waals surface area contributed by atoms with Crippen LogP contribution in [0, 0.1) is 12.3 Å². The molecule has 4 rings (SSSR count). The SMILES string of the molecule is C=C1N(C)C(CCN2CCN(c3cccc(C)c3)CC2)CC12CCN(C(=O)OC(C)(C)C)C2. The Hall–Kier alpha value is -2.21. The molecular formula is C27H42N4O2. The second kappa shape index (κ2) is 9.21. The number of anilines is 1. The molecule has 3 heterocycles. The molecule has 1 aromatic rings. The van der Waals surface area contributed by atoms with E-state index in [0.717, 1.165) is 65.1 Å². The van der Waals surface area contributed by atoms with Crippen molar-refractivity contribution in [2.75, 3.05) is 57.8 Å². The van der Waals surface area contributed by atoms with Gasteiger partial charge in [0.05, 0.1) is 0 Å². The van der Waals surface area contributed by atoms with Gasteiger partial charge in [0, 0.05) is 75.7 Å². The number of hydrogen-bond donors (Lipinski definition) is 0. The quantitative estimate of drug-likeness (QED) is 0.676. The van der Waals surface area contributed by atoms with Crippen molar-refractivity contribution in [3.05, 3.63) is 42.1 Å². The maximum absolute atomic E-state index is 12.6. The van der Waals surface area contributed by atoms with Gasteiger partial charge in [-0.05, 0) is 64.7 Å². The molecule has 0 aromatic heterocycles. The summed E-state index contributed by atoms with van der Waals surface area (Å²) in [4.78, 5) is 22.0. The Morgan fingerprint density at radius 1 is 1.18 bits per heavy atom. The van der Waals surface area contributed by atoms with Crippen LogP contribution in [0.4, 0.5) is 10.5 Å². The molecule has 2 unspecified atom stereocenters. The predicted molar refractivity (Wildman–Crippen MR) is 135 cm³/mol. The summed E-state index contributed by atoms with van der Waals surface area (Å²) >= 11 is 0. The molecule has 1 spiro atoms. The van der Waals surface area contributed by atoms with Crippen LogP contribution in [0.2, 0.25) is 0 Å². The molecule has 0 radical (unpaired) electrons. The minimum atomic E-state index is -0.456. The third-order valence-corrected chi connectivity index (χ3v) is 7.74. The third kappa shape index (κ3) is 5.32. The van der Waals surface area contributed by atoms with Gasteiger partial charge in [0.15, 0.2) is 0 Å². The first kappa shape index (κ1) is 23.9. The van der Waals surface area contributed by atoms with Crippen LogP contribution in [-0.4, -0.2) is 85.3 Å². The number of hydrogen-bond acceptors (Lipinski definition) is 5. The highest BCUT2D eigenvalue weighted by Gasteiger charge is 2.50. The average molecular weight is 455 g/mol. The van der Waals surface area contributed by atoms with Crippen molar-refractivity contribution in [2.45, 2.75) is 58.6 Å². The third-order valence-electron chi connectivity index (χ3n) is 7.74. The molecule has 0 aliphatic carbocycles. The molecule has 3 fully saturated rings. The fourth-order valence-corrected chi connectivity index (χ4v) is 5.74. The molecule has 6 nitrogen and oxygen atoms in total. The Morgan fingerprint density at radius 2 is 1.91 bits per heavy atom. The lowest BCUT2D eigenvalue weighted by Gasteiger charge is -2.37. The number of carbonyl (C=O) groups is 1. The maximum atomic E-state index is 12.6. The van der Waals surface area contributed by atoms with Gasteiger partial charge in [-0.25, -0.2) is 4.79 Å². The Balaban J connectivity index is 1.27. The summed E-state index contributed by atoms with van der Waals surface area (Å²) in [7, 11) is 2.19. The van der Waals surface area contributed by atoms with Crippen LogP contribution in [0.3, 0.4) is 0 Å². The van der Waals surface area contributed by atoms with Gasteiger partial charge in [0.2, 0.25) is 0 Å². The number of piperazine rings is 1. The first-order valence-corrected chi connectivity index (χ1v) is 12.5. The smallest absolute Gasteiger partial charge is 0.410 e. The average Bonchev–Trinajstić information content (AvgIpc) is 3.29. The number of nitrogens with zero attached hydrogens (tertiary/aromatic N) is 4. The standard InChI is InChI=1S/C27H42N4O2/c1-21-8-7-9-23(18-21)30-16-14-29(15-17-30)12-10-24-19-27(22(2)28(24)6)11-13-31(20-27)25(32)33-26(3,4)5/h7-9,18,24H,2,10-17,19-20H2,1,3-6H3. The van der Waals surface area contributed by atoms with Gasteiger partial charge in [0.1, 0.15) is 5.60 Å². The minimum absolute atomic E-state index is 0.0141. The zero-order valence-corrected chi connectivity index (χ0v) is 21.3. The molecule has 0 bridgehead atoms. The van der Waals surface area contributed by atoms with E-state index in [1.54, 1.807) is 0 Å². The number of likely N-dealkylation sites (tertiary alicyclic amines) is 2. The molecule has 33 heavy (non-hydrogen) atoms. The van der Waals surface area contributed by atoms with Crippen molar-refractivity contribution in [2.24, 2.45) is 5.41 Å². The zero-order chi connectivity index (χ0) is 23.8. The van der Waals surface area contributed by atoms with Crippen LogP contribution in [0.1, 0.15) is 45.6 Å². The van der Waals surface area contributed by atoms with E-state index >= 15 is 0 Å². The van der Waals surface area contributed by atoms with Crippen LogP contribution in [0.15, 0.2) is 36.5 Å². The van der Waals surface area contributed by atoms with E-state index in [1.807, 2.05) is 25.7 Å². The van der Waals surface area contributed by atoms with E-state index in [0.29, 0.717) is 6.04 Å². The lowest BCUT2D eigenvalue weighted by molar-refractivity contribution is 0.0279. The number of benzene rings is 1. The van der Waals surface area contributed by atoms with Gasteiger partial charge in [-0.3, -0.25) is 4.90 Å². The monoisotopic (exact) mass is 454 g/mol. The number of aryl methyl sites for hydroxylation is 1. The zero-order valence-electron chi connectivity index (χ0n) is 21.3. The van der Waals surface area contributed by atoms with Crippen LogP contribution in [0.5, 0.6) is 0 Å². The Labute approximate surface area is 200 Å². The van der Waals surface area contributed by atoms with Gasteiger partial charge in [-0.1, -0.05) is 18.7 Å². The highest BCUT2D eigenvalue weighted by Crippen LogP contribution is 2.49. The van der Waals surface area contributed by atoms with Crippen molar-refractivity contribution in [1.82, 2.24) is 14.7 Å². The number of amides is 1. The Kier molecular flexibility index (Phi) is 6.68. The summed E-state index contributed by atoms with van der Waals surface area (Å²) in [6.45, 7) is 19.4. The van der Waals surface area contributed by atoms with E-state index < -0.39 is 5.60 Å². The van der Waals surface area contributed by atoms with Crippen molar-refractivity contribution in [3.8, 4) is 0 Å². The van der Waals surface area contributed by atoms with Crippen molar-refractivity contribution in [1.29, 1.82) is 0 Å². The molecule has 182 valence electrons. The predicted octanol–water partition coefficient (Wildman–Crippen LogP) is 4.35. The van der Waals surface area contributed by atoms with E-state index in [1.165, 1.54) is 16.9 Å². The molecule has 2 atom stereocenters. The minimum Gasteiger partial charge on any atom is -0.444 e. The van der Waals surface area contributed by atoms with Crippen molar-refractivity contribution >= 4 is 11.8 Å². The fraction of sp³-hybridized carbons (Fsp3) is 0.667. The van der Waals surface area contributed by atoms with Crippen molar-refractivity contribution < 1.29 is 9.53 Å². The van der Waals surface area contributed by atoms with Crippen LogP contribution in [-0.2, 0) is 4.74 Å². The number of carbonyl (C=O) groups excluding carboxylic acids is 1. The first-order valence-electron chi connectivity index (χ1n) is 12.5. The van der Waals surface area contributed by atoms with E-state index in [2.05, 4.69) is 59.5 Å². The molecule has 3 aliphatic heterocycles. The van der Waals surface area contributed by atoms with E-state index in [-0.39, 0.29) is 11.5 Å². The highest BCUT2D eigenvalue weighted by molar-refractivity contribution is 5.68. The molecule has 1 amide bonds. The summed E-state index contributed by atoms with van der Waals surface area (Å²) in [5, 5.41) is 0. The maximum Gasteiger partial charge on any atom is 0.410 e. The van der Waals surface area contributed by atoms with Gasteiger partial charge in [-0.2, -0.15) is 0 Å². The Bertz CT molecular complexity index is 871. The number of ether oxygens (including phenoxy) is 1. The molecule has 0 N–H and O–H groups in total. The lowest BCUT2D eigenvalue weighted by Crippen LogP contribution is -2.47.